The summed E-state index contributed by atoms with van der Waals surface area (Å²) in [6.45, 7) is 4.28. The third-order valence-electron chi connectivity index (χ3n) is 4.89. The number of anilines is 1. The highest BCUT2D eigenvalue weighted by Gasteiger charge is 2.28. The van der Waals surface area contributed by atoms with Gasteiger partial charge in [-0.1, -0.05) is 0 Å². The molecule has 0 bridgehead atoms. The van der Waals surface area contributed by atoms with Crippen LogP contribution < -0.4 is 10.5 Å². The quantitative estimate of drug-likeness (QED) is 0.744. The number of methoxy groups -OCH3 is 1. The van der Waals surface area contributed by atoms with Crippen molar-refractivity contribution in [3.05, 3.63) is 39.3 Å². The van der Waals surface area contributed by atoms with Crippen molar-refractivity contribution >= 4 is 23.1 Å². The van der Waals surface area contributed by atoms with Crippen LogP contribution in [0.25, 0.3) is 0 Å². The van der Waals surface area contributed by atoms with E-state index >= 15 is 0 Å². The molecular weight excluding hydrogens is 366 g/mol. The normalized spacial score (nSPS) is 17.1. The first-order chi connectivity index (χ1) is 13.0. The molecule has 0 radical (unpaired) electrons. The van der Waals surface area contributed by atoms with Gasteiger partial charge >= 0.3 is 0 Å². The highest BCUT2D eigenvalue weighted by Crippen LogP contribution is 2.23. The number of hydrogen-bond acceptors (Lipinski definition) is 7. The Bertz CT molecular complexity index is 850. The third kappa shape index (κ3) is 4.36. The molecule has 1 fully saturated rings. The van der Waals surface area contributed by atoms with Gasteiger partial charge in [-0.3, -0.25) is 9.59 Å². The van der Waals surface area contributed by atoms with E-state index in [1.165, 1.54) is 16.2 Å². The molecule has 3 rings (SSSR count). The minimum atomic E-state index is -0.149. The summed E-state index contributed by atoms with van der Waals surface area (Å²) in [5.74, 6) is -0.0186. The van der Waals surface area contributed by atoms with Crippen molar-refractivity contribution in [1.82, 2.24) is 19.1 Å². The van der Waals surface area contributed by atoms with Gasteiger partial charge in [-0.15, -0.1) is 0 Å². The Kier molecular flexibility index (Phi) is 6.22. The Hall–Kier alpha value is -2.26. The number of likely N-dealkylation sites (N-methyl/N-ethyl adjacent to an activating group) is 1. The molecule has 1 amide bonds. The number of aryl methyl sites for hydroxylation is 1. The number of nitrogens with zero attached hydrogens (tertiary/aromatic N) is 5. The fraction of sp³-hybridized carbons (Fsp3) is 0.556. The molecule has 0 unspecified atom stereocenters. The van der Waals surface area contributed by atoms with E-state index in [0.29, 0.717) is 31.8 Å². The molecule has 0 spiro atoms. The number of carbonyl (C=O) groups is 1. The lowest BCUT2D eigenvalue weighted by atomic mass is 10.0. The van der Waals surface area contributed by atoms with Gasteiger partial charge in [0.2, 0.25) is 0 Å². The molecule has 9 heteroatoms. The van der Waals surface area contributed by atoms with Gasteiger partial charge < -0.3 is 14.5 Å². The van der Waals surface area contributed by atoms with Crippen LogP contribution in [0.4, 0.5) is 5.69 Å². The van der Waals surface area contributed by atoms with E-state index in [2.05, 4.69) is 9.47 Å². The maximum absolute atomic E-state index is 12.8. The van der Waals surface area contributed by atoms with Crippen LogP contribution >= 0.6 is 11.5 Å². The summed E-state index contributed by atoms with van der Waals surface area (Å²) >= 11 is 1.29. The molecule has 3 heterocycles. The number of ether oxygens (including phenoxy) is 1. The predicted octanol–water partition coefficient (Wildman–Crippen LogP) is 1.57. The van der Waals surface area contributed by atoms with Crippen molar-refractivity contribution < 1.29 is 9.53 Å². The lowest BCUT2D eigenvalue weighted by Crippen LogP contribution is -2.43. The molecule has 1 aliphatic heterocycles. The Morgan fingerprint density at radius 2 is 2.30 bits per heavy atom. The van der Waals surface area contributed by atoms with E-state index in [1.807, 2.05) is 18.9 Å². The van der Waals surface area contributed by atoms with Gasteiger partial charge in [0.05, 0.1) is 35.8 Å². The maximum atomic E-state index is 12.8. The van der Waals surface area contributed by atoms with Crippen LogP contribution in [0.2, 0.25) is 0 Å². The molecule has 0 saturated carbocycles. The van der Waals surface area contributed by atoms with Crippen LogP contribution in [0, 0.1) is 6.92 Å². The Labute approximate surface area is 162 Å². The molecule has 27 heavy (non-hydrogen) atoms. The molecule has 1 saturated heterocycles. The monoisotopic (exact) mass is 391 g/mol. The summed E-state index contributed by atoms with van der Waals surface area (Å²) in [5, 5.41) is 6.17. The van der Waals surface area contributed by atoms with Crippen molar-refractivity contribution in [3.8, 4) is 0 Å². The summed E-state index contributed by atoms with van der Waals surface area (Å²) in [6.07, 6.45) is 3.37. The number of likely N-dealkylation sites (tertiary alicyclic amines) is 1. The zero-order valence-corrected chi connectivity index (χ0v) is 16.7. The lowest BCUT2D eigenvalue weighted by Gasteiger charge is -2.33. The van der Waals surface area contributed by atoms with Crippen molar-refractivity contribution in [2.45, 2.75) is 25.8 Å². The molecule has 2 aromatic rings. The van der Waals surface area contributed by atoms with Crippen LogP contribution in [-0.2, 0) is 4.74 Å². The van der Waals surface area contributed by atoms with Gasteiger partial charge in [0, 0.05) is 45.2 Å². The summed E-state index contributed by atoms with van der Waals surface area (Å²) in [7, 11) is 3.55. The molecule has 1 aliphatic rings. The summed E-state index contributed by atoms with van der Waals surface area (Å²) in [5.41, 5.74) is 2.02. The Balaban J connectivity index is 1.73. The van der Waals surface area contributed by atoms with Gasteiger partial charge in [-0.25, -0.2) is 4.68 Å². The summed E-state index contributed by atoms with van der Waals surface area (Å²) < 4.78 is 10.8. The van der Waals surface area contributed by atoms with Gasteiger partial charge in [0.25, 0.3) is 11.5 Å². The number of amides is 1. The van der Waals surface area contributed by atoms with E-state index in [1.54, 1.807) is 29.7 Å². The average Bonchev–Trinajstić information content (AvgIpc) is 3.11. The minimum Gasteiger partial charge on any atom is -0.383 e. The van der Waals surface area contributed by atoms with Gasteiger partial charge in [-0.2, -0.15) is 9.47 Å². The molecule has 0 aliphatic carbocycles. The Morgan fingerprint density at radius 1 is 1.48 bits per heavy atom. The first-order valence-electron chi connectivity index (χ1n) is 9.00. The number of piperidine rings is 1. The van der Waals surface area contributed by atoms with Crippen LogP contribution in [0.3, 0.4) is 0 Å². The second-order valence-corrected chi connectivity index (χ2v) is 7.40. The number of rotatable bonds is 6. The van der Waals surface area contributed by atoms with Crippen LogP contribution in [0.15, 0.2) is 22.4 Å². The van der Waals surface area contributed by atoms with E-state index in [0.717, 1.165) is 24.2 Å². The molecule has 146 valence electrons. The largest absolute Gasteiger partial charge is 0.383 e. The Morgan fingerprint density at radius 3 is 2.96 bits per heavy atom. The molecule has 2 aromatic heterocycles. The summed E-state index contributed by atoms with van der Waals surface area (Å²) in [4.78, 5) is 29.1. The van der Waals surface area contributed by atoms with Gasteiger partial charge in [0.1, 0.15) is 0 Å². The molecule has 0 aromatic carbocycles. The molecular formula is C18H25N5O3S. The zero-order valence-electron chi connectivity index (χ0n) is 15.9. The average molecular weight is 391 g/mol. The molecule has 8 nitrogen and oxygen atoms in total. The lowest BCUT2D eigenvalue weighted by molar-refractivity contribution is 0.0669. The second kappa shape index (κ2) is 8.62. The SMILES string of the molecule is COCCN(C)c1cnn([C@@H]2CCCN(C(=O)c3csnc3C)C2)c(=O)c1. The van der Waals surface area contributed by atoms with Crippen molar-refractivity contribution in [3.63, 3.8) is 0 Å². The minimum absolute atomic E-state index is 0.0186. The molecule has 1 atom stereocenters. The van der Waals surface area contributed by atoms with Gasteiger partial charge in [-0.05, 0) is 31.3 Å². The smallest absolute Gasteiger partial charge is 0.269 e. The summed E-state index contributed by atoms with van der Waals surface area (Å²) in [6, 6.07) is 1.48. The standard InChI is InChI=1S/C18H25N5O3S/c1-13-16(12-27-20-13)18(25)22-6-4-5-14(11-22)23-17(24)9-15(10-19-23)21(2)7-8-26-3/h9-10,12,14H,4-8,11H2,1-3H3/t14-/m1/s1. The third-order valence-corrected chi connectivity index (χ3v) is 5.61. The van der Waals surface area contributed by atoms with Crippen molar-refractivity contribution in [1.29, 1.82) is 0 Å². The fourth-order valence-electron chi connectivity index (χ4n) is 3.26. The van der Waals surface area contributed by atoms with E-state index in [-0.39, 0.29) is 17.5 Å². The highest BCUT2D eigenvalue weighted by molar-refractivity contribution is 7.03. The van der Waals surface area contributed by atoms with Crippen LogP contribution in [0.1, 0.15) is 34.9 Å². The second-order valence-electron chi connectivity index (χ2n) is 6.77. The topological polar surface area (TPSA) is 80.6 Å². The molecule has 0 N–H and O–H groups in total. The zero-order chi connectivity index (χ0) is 19.4. The van der Waals surface area contributed by atoms with E-state index < -0.39 is 0 Å². The maximum Gasteiger partial charge on any atom is 0.269 e. The number of carbonyl (C=O) groups excluding carboxylic acids is 1. The first-order valence-corrected chi connectivity index (χ1v) is 9.84. The van der Waals surface area contributed by atoms with Gasteiger partial charge in [0.15, 0.2) is 0 Å². The van der Waals surface area contributed by atoms with E-state index in [4.69, 9.17) is 4.74 Å². The predicted molar refractivity (Wildman–Crippen MR) is 105 cm³/mol. The van der Waals surface area contributed by atoms with Crippen molar-refractivity contribution in [2.75, 3.05) is 45.3 Å². The number of hydrogen-bond donors (Lipinski definition) is 0. The first kappa shape index (κ1) is 19.5. The van der Waals surface area contributed by atoms with Crippen LogP contribution in [0.5, 0.6) is 0 Å². The van der Waals surface area contributed by atoms with Crippen molar-refractivity contribution in [2.24, 2.45) is 0 Å². The number of aromatic nitrogens is 3. The van der Waals surface area contributed by atoms with E-state index in [9.17, 15) is 9.59 Å². The van der Waals surface area contributed by atoms with Crippen LogP contribution in [-0.4, -0.2) is 65.4 Å². The fourth-order valence-corrected chi connectivity index (χ4v) is 3.94. The highest BCUT2D eigenvalue weighted by atomic mass is 32.1.